The minimum Gasteiger partial charge on any atom is -0.301 e. The highest BCUT2D eigenvalue weighted by molar-refractivity contribution is 7.91. The van der Waals surface area contributed by atoms with E-state index in [4.69, 9.17) is 0 Å². The van der Waals surface area contributed by atoms with Gasteiger partial charge in [-0.1, -0.05) is 44.7 Å². The van der Waals surface area contributed by atoms with Crippen molar-refractivity contribution in [2.75, 3.05) is 11.1 Å². The standard InChI is InChI=1S/C20H26N2O3S2/c1-2-13-27(24,25)17-9-7-16(8-10-17)18(14-15-5-3-4-6-15)19(23)22-20-21-11-12-26-20/h7-12,15,18H,2-6,13-14H2,1H3,(H,21,22,23). The lowest BCUT2D eigenvalue weighted by molar-refractivity contribution is -0.118. The first-order valence-corrected chi connectivity index (χ1v) is 12.1. The summed E-state index contributed by atoms with van der Waals surface area (Å²) in [5.41, 5.74) is 0.867. The number of hydrogen-bond acceptors (Lipinski definition) is 5. The lowest BCUT2D eigenvalue weighted by Crippen LogP contribution is -2.23. The molecule has 1 aliphatic carbocycles. The van der Waals surface area contributed by atoms with Crippen LogP contribution in [0.2, 0.25) is 0 Å². The zero-order chi connectivity index (χ0) is 19.3. The van der Waals surface area contributed by atoms with Crippen molar-refractivity contribution < 1.29 is 13.2 Å². The van der Waals surface area contributed by atoms with Crippen LogP contribution in [0.4, 0.5) is 5.13 Å². The van der Waals surface area contributed by atoms with Crippen LogP contribution in [-0.2, 0) is 14.6 Å². The van der Waals surface area contributed by atoms with Gasteiger partial charge in [-0.15, -0.1) is 11.3 Å². The first-order valence-electron chi connectivity index (χ1n) is 9.52. The summed E-state index contributed by atoms with van der Waals surface area (Å²) in [5, 5.41) is 5.33. The summed E-state index contributed by atoms with van der Waals surface area (Å²) in [7, 11) is -3.25. The fourth-order valence-corrected chi connectivity index (χ4v) is 5.60. The average Bonchev–Trinajstić information content (AvgIpc) is 3.33. The van der Waals surface area contributed by atoms with Crippen molar-refractivity contribution in [1.29, 1.82) is 0 Å². The molecule has 1 aliphatic rings. The molecule has 1 atom stereocenters. The first-order chi connectivity index (χ1) is 13.0. The smallest absolute Gasteiger partial charge is 0.233 e. The third-order valence-corrected chi connectivity index (χ3v) is 7.76. The number of aromatic nitrogens is 1. The number of anilines is 1. The highest BCUT2D eigenvalue weighted by Gasteiger charge is 2.27. The lowest BCUT2D eigenvalue weighted by atomic mass is 9.87. The average molecular weight is 407 g/mol. The Morgan fingerprint density at radius 2 is 1.96 bits per heavy atom. The van der Waals surface area contributed by atoms with E-state index >= 15 is 0 Å². The maximum absolute atomic E-state index is 12.9. The Bertz CT molecular complexity index is 840. The zero-order valence-corrected chi connectivity index (χ0v) is 17.2. The summed E-state index contributed by atoms with van der Waals surface area (Å²) in [4.78, 5) is 17.4. The minimum absolute atomic E-state index is 0.0685. The number of carbonyl (C=O) groups excluding carboxylic acids is 1. The van der Waals surface area contributed by atoms with Gasteiger partial charge in [-0.2, -0.15) is 0 Å². The second-order valence-corrected chi connectivity index (χ2v) is 10.2. The number of nitrogens with zero attached hydrogens (tertiary/aromatic N) is 1. The number of thiazole rings is 1. The molecule has 3 rings (SSSR count). The van der Waals surface area contributed by atoms with Crippen LogP contribution in [0.15, 0.2) is 40.7 Å². The van der Waals surface area contributed by atoms with E-state index in [9.17, 15) is 13.2 Å². The van der Waals surface area contributed by atoms with Gasteiger partial charge in [-0.25, -0.2) is 13.4 Å². The molecule has 1 N–H and O–H groups in total. The summed E-state index contributed by atoms with van der Waals surface area (Å²) >= 11 is 1.40. The molecule has 1 fully saturated rings. The van der Waals surface area contributed by atoms with Crippen LogP contribution in [-0.4, -0.2) is 25.1 Å². The number of benzene rings is 1. The Morgan fingerprint density at radius 3 is 2.56 bits per heavy atom. The lowest BCUT2D eigenvalue weighted by Gasteiger charge is -2.20. The summed E-state index contributed by atoms with van der Waals surface area (Å²) in [6, 6.07) is 6.87. The van der Waals surface area contributed by atoms with Crippen LogP contribution < -0.4 is 5.32 Å². The molecule has 5 nitrogen and oxygen atoms in total. The Balaban J connectivity index is 1.81. The third-order valence-electron chi connectivity index (χ3n) is 5.14. The first kappa shape index (κ1) is 20.0. The summed E-state index contributed by atoms with van der Waals surface area (Å²) in [6.45, 7) is 1.85. The predicted molar refractivity (Wildman–Crippen MR) is 109 cm³/mol. The Kier molecular flexibility index (Phi) is 6.65. The molecule has 1 aromatic heterocycles. The fraction of sp³-hybridized carbons (Fsp3) is 0.500. The van der Waals surface area contributed by atoms with E-state index in [1.54, 1.807) is 30.5 Å². The number of amides is 1. The van der Waals surface area contributed by atoms with Crippen molar-refractivity contribution in [3.8, 4) is 0 Å². The van der Waals surface area contributed by atoms with Crippen LogP contribution in [0, 0.1) is 5.92 Å². The monoisotopic (exact) mass is 406 g/mol. The number of nitrogens with one attached hydrogen (secondary N) is 1. The van der Waals surface area contributed by atoms with Gasteiger partial charge in [0.15, 0.2) is 15.0 Å². The zero-order valence-electron chi connectivity index (χ0n) is 15.6. The molecular formula is C20H26N2O3S2. The topological polar surface area (TPSA) is 76.1 Å². The second-order valence-electron chi connectivity index (χ2n) is 7.15. The van der Waals surface area contributed by atoms with E-state index < -0.39 is 9.84 Å². The van der Waals surface area contributed by atoms with Gasteiger partial charge >= 0.3 is 0 Å². The van der Waals surface area contributed by atoms with Crippen molar-refractivity contribution in [1.82, 2.24) is 4.98 Å². The molecule has 1 heterocycles. The largest absolute Gasteiger partial charge is 0.301 e. The summed E-state index contributed by atoms with van der Waals surface area (Å²) in [5.74, 6) is 0.323. The molecule has 1 aromatic carbocycles. The van der Waals surface area contributed by atoms with Crippen molar-refractivity contribution in [3.05, 3.63) is 41.4 Å². The van der Waals surface area contributed by atoms with Gasteiger partial charge in [-0.3, -0.25) is 4.79 Å². The summed E-state index contributed by atoms with van der Waals surface area (Å²) < 4.78 is 24.5. The molecule has 2 aromatic rings. The number of hydrogen-bond donors (Lipinski definition) is 1. The minimum atomic E-state index is -3.25. The fourth-order valence-electron chi connectivity index (χ4n) is 3.75. The van der Waals surface area contributed by atoms with E-state index in [2.05, 4.69) is 10.3 Å². The Morgan fingerprint density at radius 1 is 1.26 bits per heavy atom. The summed E-state index contributed by atoms with van der Waals surface area (Å²) in [6.07, 6.45) is 7.80. The molecule has 0 spiro atoms. The maximum atomic E-state index is 12.9. The molecule has 1 amide bonds. The molecule has 27 heavy (non-hydrogen) atoms. The van der Waals surface area contributed by atoms with E-state index in [1.165, 1.54) is 24.2 Å². The van der Waals surface area contributed by atoms with Gasteiger partial charge in [0.1, 0.15) is 0 Å². The Labute approximate surface area is 165 Å². The van der Waals surface area contributed by atoms with E-state index in [-0.39, 0.29) is 17.6 Å². The van der Waals surface area contributed by atoms with Crippen molar-refractivity contribution in [2.24, 2.45) is 5.92 Å². The number of carbonyl (C=O) groups is 1. The molecule has 0 radical (unpaired) electrons. The number of rotatable bonds is 8. The van der Waals surface area contributed by atoms with Gasteiger partial charge in [0.2, 0.25) is 5.91 Å². The van der Waals surface area contributed by atoms with Gasteiger partial charge < -0.3 is 5.32 Å². The highest BCUT2D eigenvalue weighted by Crippen LogP contribution is 2.35. The predicted octanol–water partition coefficient (Wildman–Crippen LogP) is 4.63. The molecule has 1 saturated carbocycles. The SMILES string of the molecule is CCCS(=O)(=O)c1ccc(C(CC2CCCC2)C(=O)Nc2nccs2)cc1. The molecular weight excluding hydrogens is 380 g/mol. The van der Waals surface area contributed by atoms with Gasteiger partial charge in [-0.05, 0) is 36.5 Å². The van der Waals surface area contributed by atoms with Crippen molar-refractivity contribution in [3.63, 3.8) is 0 Å². The second kappa shape index (κ2) is 8.97. The van der Waals surface area contributed by atoms with Gasteiger partial charge in [0.25, 0.3) is 0 Å². The molecule has 0 aliphatic heterocycles. The molecule has 0 saturated heterocycles. The van der Waals surface area contributed by atoms with Gasteiger partial charge in [0, 0.05) is 11.6 Å². The Hall–Kier alpha value is -1.73. The normalized spacial score (nSPS) is 16.3. The van der Waals surface area contributed by atoms with Gasteiger partial charge in [0.05, 0.1) is 16.6 Å². The van der Waals surface area contributed by atoms with Crippen molar-refractivity contribution >= 4 is 32.2 Å². The van der Waals surface area contributed by atoms with Crippen molar-refractivity contribution in [2.45, 2.75) is 56.3 Å². The molecule has 7 heteroatoms. The van der Waals surface area contributed by atoms with E-state index in [1.807, 2.05) is 12.3 Å². The molecule has 0 bridgehead atoms. The third kappa shape index (κ3) is 5.17. The van der Waals surface area contributed by atoms with E-state index in [0.717, 1.165) is 24.8 Å². The highest BCUT2D eigenvalue weighted by atomic mass is 32.2. The maximum Gasteiger partial charge on any atom is 0.233 e. The van der Waals surface area contributed by atoms with Crippen LogP contribution in [0.3, 0.4) is 0 Å². The molecule has 146 valence electrons. The molecule has 1 unspecified atom stereocenters. The van der Waals surface area contributed by atoms with E-state index in [0.29, 0.717) is 22.4 Å². The quantitative estimate of drug-likeness (QED) is 0.693. The number of sulfone groups is 1. The van der Waals surface area contributed by atoms with Crippen LogP contribution in [0.25, 0.3) is 0 Å². The van der Waals surface area contributed by atoms with Crippen LogP contribution in [0.5, 0.6) is 0 Å². The van der Waals surface area contributed by atoms with Crippen LogP contribution in [0.1, 0.15) is 56.9 Å². The van der Waals surface area contributed by atoms with Crippen LogP contribution >= 0.6 is 11.3 Å².